The number of benzene rings is 2. The van der Waals surface area contributed by atoms with E-state index in [0.717, 1.165) is 17.4 Å². The second-order valence-corrected chi connectivity index (χ2v) is 10.2. The van der Waals surface area contributed by atoms with Gasteiger partial charge in [-0.05, 0) is 35.4 Å². The maximum absolute atomic E-state index is 11.3. The smallest absolute Gasteiger partial charge is 0.299 e. The highest BCUT2D eigenvalue weighted by Gasteiger charge is 2.25. The van der Waals surface area contributed by atoms with Crippen molar-refractivity contribution in [1.29, 1.82) is 5.26 Å². The number of amidine groups is 1. The number of nitrogens with zero attached hydrogens (tertiary/aromatic N) is 2. The lowest BCUT2D eigenvalue weighted by Gasteiger charge is -2.27. The highest BCUT2D eigenvalue weighted by molar-refractivity contribution is 7.89. The number of hydrogen-bond acceptors (Lipinski definition) is 7. The van der Waals surface area contributed by atoms with Gasteiger partial charge in [0, 0.05) is 5.41 Å². The van der Waals surface area contributed by atoms with Gasteiger partial charge < -0.3 is 14.2 Å². The molecule has 2 aromatic carbocycles. The predicted octanol–water partition coefficient (Wildman–Crippen LogP) is 3.18. The largest absolute Gasteiger partial charge is 0.491 e. The second-order valence-electron chi connectivity index (χ2n) is 8.09. The molecule has 1 atom stereocenters. The van der Waals surface area contributed by atoms with Crippen LogP contribution in [-0.4, -0.2) is 52.4 Å². The average Bonchev–Trinajstić information content (AvgIpc) is 3.21. The summed E-state index contributed by atoms with van der Waals surface area (Å²) in [5.41, 5.74) is 2.14. The van der Waals surface area contributed by atoms with E-state index >= 15 is 0 Å². The summed E-state index contributed by atoms with van der Waals surface area (Å²) in [5, 5.41) is 9.50. The number of nitriles is 1. The van der Waals surface area contributed by atoms with Gasteiger partial charge in [0.15, 0.2) is 0 Å². The van der Waals surface area contributed by atoms with Gasteiger partial charge in [-0.2, -0.15) is 5.26 Å². The standard InChI is InChI=1S/C23H26ClN3O5S/c1-23(2,18-6-9-21(30-11-10-24)16(12-18)13-25)17-4-7-20(8-5-17)31-14-19-15-32-22(26-19)27-33(3,28)29/h4-9,12,19H,10-11,14-15H2,1-3H3,(H,26,27). The van der Waals surface area contributed by atoms with Crippen molar-refractivity contribution in [1.82, 2.24) is 4.72 Å². The molecule has 0 saturated carbocycles. The third-order valence-electron chi connectivity index (χ3n) is 5.16. The van der Waals surface area contributed by atoms with Gasteiger partial charge in [0.05, 0.1) is 17.7 Å². The number of ether oxygens (including phenoxy) is 3. The van der Waals surface area contributed by atoms with E-state index in [1.54, 1.807) is 6.07 Å². The van der Waals surface area contributed by atoms with Crippen molar-refractivity contribution in [2.24, 2.45) is 4.99 Å². The Bertz CT molecular complexity index is 1160. The maximum Gasteiger partial charge on any atom is 0.299 e. The van der Waals surface area contributed by atoms with Gasteiger partial charge in [-0.25, -0.2) is 18.1 Å². The number of rotatable bonds is 9. The van der Waals surface area contributed by atoms with Gasteiger partial charge in [-0.1, -0.05) is 32.0 Å². The molecule has 176 valence electrons. The summed E-state index contributed by atoms with van der Waals surface area (Å²) < 4.78 is 41.3. The van der Waals surface area contributed by atoms with Crippen molar-refractivity contribution in [3.63, 3.8) is 0 Å². The van der Waals surface area contributed by atoms with E-state index in [9.17, 15) is 13.7 Å². The SMILES string of the molecule is CC(C)(c1ccc(OCC2COC(NS(C)(=O)=O)=N2)cc1)c1ccc(OCCCl)c(C#N)c1. The zero-order valence-corrected chi connectivity index (χ0v) is 20.2. The number of nitrogens with one attached hydrogen (secondary N) is 1. The second kappa shape index (κ2) is 10.3. The molecule has 2 aromatic rings. The van der Waals surface area contributed by atoms with Crippen LogP contribution < -0.4 is 14.2 Å². The van der Waals surface area contributed by atoms with Crippen LogP contribution >= 0.6 is 11.6 Å². The number of halogens is 1. The summed E-state index contributed by atoms with van der Waals surface area (Å²) >= 11 is 5.68. The molecule has 0 bridgehead atoms. The van der Waals surface area contributed by atoms with Crippen molar-refractivity contribution in [3.8, 4) is 17.6 Å². The zero-order valence-electron chi connectivity index (χ0n) is 18.7. The fraction of sp³-hybridized carbons (Fsp3) is 0.391. The van der Waals surface area contributed by atoms with E-state index in [4.69, 9.17) is 25.8 Å². The molecule has 1 aliphatic heterocycles. The lowest BCUT2D eigenvalue weighted by Crippen LogP contribution is -2.29. The van der Waals surface area contributed by atoms with Gasteiger partial charge in [-0.15, -0.1) is 11.6 Å². The topological polar surface area (TPSA) is 110 Å². The molecule has 8 nitrogen and oxygen atoms in total. The van der Waals surface area contributed by atoms with E-state index < -0.39 is 10.0 Å². The summed E-state index contributed by atoms with van der Waals surface area (Å²) in [6.07, 6.45) is 1.04. The summed E-state index contributed by atoms with van der Waals surface area (Å²) in [6, 6.07) is 15.2. The third-order valence-corrected chi connectivity index (χ3v) is 5.86. The fourth-order valence-corrected chi connectivity index (χ4v) is 3.83. The van der Waals surface area contributed by atoms with Gasteiger partial charge in [-0.3, -0.25) is 0 Å². The number of alkyl halides is 1. The van der Waals surface area contributed by atoms with Crippen LogP contribution in [0.15, 0.2) is 47.5 Å². The first kappa shape index (κ1) is 24.7. The molecule has 1 aliphatic rings. The molecule has 0 spiro atoms. The Labute approximate surface area is 199 Å². The Morgan fingerprint density at radius 3 is 2.55 bits per heavy atom. The minimum atomic E-state index is -3.43. The first-order valence-corrected chi connectivity index (χ1v) is 12.7. The minimum Gasteiger partial charge on any atom is -0.491 e. The van der Waals surface area contributed by atoms with Crippen molar-refractivity contribution < 1.29 is 22.6 Å². The predicted molar refractivity (Wildman–Crippen MR) is 127 cm³/mol. The Hall–Kier alpha value is -2.96. The molecule has 0 radical (unpaired) electrons. The third kappa shape index (κ3) is 6.53. The van der Waals surface area contributed by atoms with Crippen molar-refractivity contribution >= 4 is 27.6 Å². The van der Waals surface area contributed by atoms with Crippen LogP contribution in [-0.2, 0) is 20.2 Å². The van der Waals surface area contributed by atoms with Crippen LogP contribution in [0.2, 0.25) is 0 Å². The zero-order chi connectivity index (χ0) is 24.1. The maximum atomic E-state index is 11.3. The van der Waals surface area contributed by atoms with Crippen LogP contribution in [0.3, 0.4) is 0 Å². The quantitative estimate of drug-likeness (QED) is 0.539. The van der Waals surface area contributed by atoms with E-state index in [1.807, 2.05) is 36.4 Å². The highest BCUT2D eigenvalue weighted by Crippen LogP contribution is 2.34. The monoisotopic (exact) mass is 491 g/mol. The van der Waals surface area contributed by atoms with E-state index in [2.05, 4.69) is 29.6 Å². The Morgan fingerprint density at radius 1 is 1.21 bits per heavy atom. The molecule has 3 rings (SSSR count). The first-order valence-electron chi connectivity index (χ1n) is 10.3. The lowest BCUT2D eigenvalue weighted by molar-refractivity contribution is 0.241. The van der Waals surface area contributed by atoms with Crippen LogP contribution in [0, 0.1) is 11.3 Å². The molecule has 0 fully saturated rings. The molecule has 0 amide bonds. The number of sulfonamides is 1. The summed E-state index contributed by atoms with van der Waals surface area (Å²) in [5.74, 6) is 1.54. The van der Waals surface area contributed by atoms with Crippen molar-refractivity contribution in [2.75, 3.05) is 32.0 Å². The van der Waals surface area contributed by atoms with Crippen LogP contribution in [0.5, 0.6) is 11.5 Å². The molecular formula is C23H26ClN3O5S. The molecule has 1 N–H and O–H groups in total. The molecule has 0 aliphatic carbocycles. The van der Waals surface area contributed by atoms with Gasteiger partial charge in [0.25, 0.3) is 6.02 Å². The highest BCUT2D eigenvalue weighted by atomic mass is 35.5. The van der Waals surface area contributed by atoms with E-state index in [1.165, 1.54) is 0 Å². The van der Waals surface area contributed by atoms with Crippen LogP contribution in [0.4, 0.5) is 0 Å². The molecule has 10 heteroatoms. The number of aliphatic imine (C=N–C) groups is 1. The lowest BCUT2D eigenvalue weighted by atomic mass is 9.77. The van der Waals surface area contributed by atoms with E-state index in [-0.39, 0.29) is 30.7 Å². The number of hydrogen-bond donors (Lipinski definition) is 1. The van der Waals surface area contributed by atoms with Gasteiger partial charge >= 0.3 is 0 Å². The van der Waals surface area contributed by atoms with Crippen molar-refractivity contribution in [3.05, 3.63) is 59.2 Å². The summed E-state index contributed by atoms with van der Waals surface area (Å²) in [4.78, 5) is 4.16. The van der Waals surface area contributed by atoms with Crippen LogP contribution in [0.1, 0.15) is 30.5 Å². The fourth-order valence-electron chi connectivity index (χ4n) is 3.32. The summed E-state index contributed by atoms with van der Waals surface area (Å²) in [7, 11) is -3.43. The molecular weight excluding hydrogens is 466 g/mol. The van der Waals surface area contributed by atoms with Gasteiger partial charge in [0.2, 0.25) is 10.0 Å². The van der Waals surface area contributed by atoms with Gasteiger partial charge in [0.1, 0.15) is 43.4 Å². The van der Waals surface area contributed by atoms with E-state index in [0.29, 0.717) is 29.5 Å². The molecule has 1 unspecified atom stereocenters. The molecule has 33 heavy (non-hydrogen) atoms. The average molecular weight is 492 g/mol. The van der Waals surface area contributed by atoms with Crippen molar-refractivity contribution in [2.45, 2.75) is 25.3 Å². The summed E-state index contributed by atoms with van der Waals surface area (Å²) in [6.45, 7) is 5.01. The Morgan fingerprint density at radius 2 is 1.91 bits per heavy atom. The Kier molecular flexibility index (Phi) is 7.72. The Balaban J connectivity index is 1.66. The van der Waals surface area contributed by atoms with Crippen LogP contribution in [0.25, 0.3) is 0 Å². The normalized spacial score (nSPS) is 15.8. The molecule has 0 aromatic heterocycles. The molecule has 0 saturated heterocycles. The minimum absolute atomic E-state index is 0.0148. The first-order chi connectivity index (χ1) is 15.6. The molecule has 1 heterocycles.